The molecule has 0 bridgehead atoms. The third kappa shape index (κ3) is 3.94. The fourth-order valence-electron chi connectivity index (χ4n) is 2.41. The van der Waals surface area contributed by atoms with Crippen molar-refractivity contribution in [3.05, 3.63) is 24.5 Å². The number of rotatable bonds is 6. The lowest BCUT2D eigenvalue weighted by Gasteiger charge is -2.27. The first kappa shape index (κ1) is 15.8. The predicted molar refractivity (Wildman–Crippen MR) is 91.6 cm³/mol. The van der Waals surface area contributed by atoms with Crippen LogP contribution < -0.4 is 10.6 Å². The quantitative estimate of drug-likeness (QED) is 0.879. The number of nitrogen functional groups attached to an aromatic ring is 1. The second-order valence-corrected chi connectivity index (χ2v) is 6.93. The molecule has 0 atom stereocenters. The molecule has 0 spiro atoms. The van der Waals surface area contributed by atoms with E-state index in [1.54, 1.807) is 6.20 Å². The van der Waals surface area contributed by atoms with Crippen LogP contribution in [0.25, 0.3) is 11.1 Å². The first-order chi connectivity index (χ1) is 9.99. The highest BCUT2D eigenvalue weighted by atomic mass is 32.1. The van der Waals surface area contributed by atoms with Gasteiger partial charge in [-0.15, -0.1) is 0 Å². The Balaban J connectivity index is 2.42. The third-order valence-electron chi connectivity index (χ3n) is 3.11. The van der Waals surface area contributed by atoms with Crippen LogP contribution in [0.5, 0.6) is 0 Å². The summed E-state index contributed by atoms with van der Waals surface area (Å²) in [6.07, 6.45) is 3.63. The smallest absolute Gasteiger partial charge is 0.147 e. The van der Waals surface area contributed by atoms with Crippen molar-refractivity contribution in [3.8, 4) is 11.1 Å². The lowest BCUT2D eigenvalue weighted by Crippen LogP contribution is -2.31. The van der Waals surface area contributed by atoms with Gasteiger partial charge in [0.05, 0.1) is 5.56 Å². The maximum atomic E-state index is 6.12. The highest BCUT2D eigenvalue weighted by Gasteiger charge is 2.20. The number of anilines is 2. The molecule has 2 aromatic rings. The molecule has 0 aromatic carbocycles. The van der Waals surface area contributed by atoms with Crippen molar-refractivity contribution in [2.75, 3.05) is 23.7 Å². The van der Waals surface area contributed by atoms with Gasteiger partial charge in [-0.05, 0) is 29.4 Å². The lowest BCUT2D eigenvalue weighted by molar-refractivity contribution is 0.555. The van der Waals surface area contributed by atoms with Gasteiger partial charge in [0.15, 0.2) is 0 Å². The molecule has 0 radical (unpaired) electrons. The molecule has 0 fully saturated rings. The number of pyridine rings is 1. The maximum absolute atomic E-state index is 6.12. The summed E-state index contributed by atoms with van der Waals surface area (Å²) in [6, 6.07) is 3.98. The minimum atomic E-state index is 0.592. The largest absolute Gasteiger partial charge is 0.382 e. The molecule has 4 nitrogen and oxygen atoms in total. The van der Waals surface area contributed by atoms with Gasteiger partial charge in [0, 0.05) is 31.0 Å². The van der Waals surface area contributed by atoms with Crippen LogP contribution in [0.2, 0.25) is 0 Å². The van der Waals surface area contributed by atoms with Crippen molar-refractivity contribution >= 4 is 22.4 Å². The predicted octanol–water partition coefficient (Wildman–Crippen LogP) is 3.91. The van der Waals surface area contributed by atoms with E-state index in [2.05, 4.69) is 42.0 Å². The number of nitrogens with zero attached hydrogens (tertiary/aromatic N) is 3. The van der Waals surface area contributed by atoms with Crippen molar-refractivity contribution in [1.29, 1.82) is 0 Å². The molecule has 5 heteroatoms. The molecule has 0 saturated carbocycles. The van der Waals surface area contributed by atoms with Crippen LogP contribution in [-0.4, -0.2) is 22.4 Å². The molecule has 2 rings (SSSR count). The van der Waals surface area contributed by atoms with Crippen LogP contribution in [0.15, 0.2) is 24.5 Å². The summed E-state index contributed by atoms with van der Waals surface area (Å²) in [7, 11) is 0. The number of nitrogens with two attached hydrogens (primary N) is 1. The van der Waals surface area contributed by atoms with Gasteiger partial charge in [0.1, 0.15) is 10.8 Å². The molecule has 21 heavy (non-hydrogen) atoms. The Labute approximate surface area is 131 Å². The summed E-state index contributed by atoms with van der Waals surface area (Å²) < 4.78 is 4.38. The number of hydrogen-bond acceptors (Lipinski definition) is 5. The summed E-state index contributed by atoms with van der Waals surface area (Å²) in [5.41, 5.74) is 8.18. The first-order valence-electron chi connectivity index (χ1n) is 7.39. The van der Waals surface area contributed by atoms with Gasteiger partial charge in [0.2, 0.25) is 0 Å². The summed E-state index contributed by atoms with van der Waals surface area (Å²) in [6.45, 7) is 11.0. The highest BCUT2D eigenvalue weighted by Crippen LogP contribution is 2.39. The average molecular weight is 304 g/mol. The van der Waals surface area contributed by atoms with Gasteiger partial charge in [-0.25, -0.2) is 0 Å². The SMILES string of the molecule is CC(C)CN(CC(C)C)c1snc(N)c1-c1cccnc1. The Morgan fingerprint density at radius 1 is 1.19 bits per heavy atom. The fraction of sp³-hybridized carbons (Fsp3) is 0.500. The summed E-state index contributed by atoms with van der Waals surface area (Å²) in [5.74, 6) is 1.78. The molecule has 114 valence electrons. The lowest BCUT2D eigenvalue weighted by atomic mass is 10.1. The maximum Gasteiger partial charge on any atom is 0.147 e. The second-order valence-electron chi connectivity index (χ2n) is 6.18. The third-order valence-corrected chi connectivity index (χ3v) is 4.03. The van der Waals surface area contributed by atoms with E-state index in [4.69, 9.17) is 5.73 Å². The minimum Gasteiger partial charge on any atom is -0.382 e. The molecule has 0 saturated heterocycles. The first-order valence-corrected chi connectivity index (χ1v) is 8.16. The summed E-state index contributed by atoms with van der Waals surface area (Å²) >= 11 is 1.49. The van der Waals surface area contributed by atoms with Crippen molar-refractivity contribution in [2.24, 2.45) is 11.8 Å². The van der Waals surface area contributed by atoms with Crippen LogP contribution >= 0.6 is 11.5 Å². The topological polar surface area (TPSA) is 55.0 Å². The van der Waals surface area contributed by atoms with Gasteiger partial charge in [-0.3, -0.25) is 4.98 Å². The monoisotopic (exact) mass is 304 g/mol. The van der Waals surface area contributed by atoms with Gasteiger partial charge in [-0.2, -0.15) is 4.37 Å². The highest BCUT2D eigenvalue weighted by molar-refractivity contribution is 7.11. The van der Waals surface area contributed by atoms with Crippen LogP contribution in [-0.2, 0) is 0 Å². The molecule has 0 aliphatic carbocycles. The molecular formula is C16H24N4S. The molecule has 2 N–H and O–H groups in total. The normalized spacial score (nSPS) is 11.3. The van der Waals surface area contributed by atoms with E-state index >= 15 is 0 Å². The molecule has 0 amide bonds. The van der Waals surface area contributed by atoms with Crippen LogP contribution in [0.1, 0.15) is 27.7 Å². The average Bonchev–Trinajstić information content (AvgIpc) is 2.80. The van der Waals surface area contributed by atoms with Crippen molar-refractivity contribution in [1.82, 2.24) is 9.36 Å². The van der Waals surface area contributed by atoms with E-state index in [-0.39, 0.29) is 0 Å². The van der Waals surface area contributed by atoms with Crippen LogP contribution in [0.3, 0.4) is 0 Å². The molecule has 0 unspecified atom stereocenters. The van der Waals surface area contributed by atoms with Gasteiger partial charge in [0.25, 0.3) is 0 Å². The minimum absolute atomic E-state index is 0.592. The van der Waals surface area contributed by atoms with E-state index in [0.29, 0.717) is 17.7 Å². The van der Waals surface area contributed by atoms with Crippen LogP contribution in [0, 0.1) is 11.8 Å². The number of hydrogen-bond donors (Lipinski definition) is 1. The van der Waals surface area contributed by atoms with Gasteiger partial charge < -0.3 is 10.6 Å². The number of aromatic nitrogens is 2. The van der Waals surface area contributed by atoms with Crippen molar-refractivity contribution in [3.63, 3.8) is 0 Å². The fourth-order valence-corrected chi connectivity index (χ4v) is 3.27. The standard InChI is InChI=1S/C16H24N4S/c1-11(2)9-20(10-12(3)4)16-14(15(17)19-21-16)13-6-5-7-18-8-13/h5-8,11-12H,9-10H2,1-4H3,(H2,17,19). The Hall–Kier alpha value is -1.62. The molecule has 2 heterocycles. The summed E-state index contributed by atoms with van der Waals surface area (Å²) in [5, 5.41) is 1.16. The van der Waals surface area contributed by atoms with E-state index in [1.165, 1.54) is 11.5 Å². The van der Waals surface area contributed by atoms with Crippen molar-refractivity contribution < 1.29 is 0 Å². The molecule has 2 aromatic heterocycles. The molecule has 0 aliphatic rings. The van der Waals surface area contributed by atoms with Gasteiger partial charge in [-0.1, -0.05) is 33.8 Å². The Kier molecular flexibility index (Phi) is 5.17. The Morgan fingerprint density at radius 2 is 1.86 bits per heavy atom. The van der Waals surface area contributed by atoms with Gasteiger partial charge >= 0.3 is 0 Å². The Morgan fingerprint density at radius 3 is 2.38 bits per heavy atom. The van der Waals surface area contributed by atoms with E-state index in [1.807, 2.05) is 18.3 Å². The van der Waals surface area contributed by atoms with Crippen molar-refractivity contribution in [2.45, 2.75) is 27.7 Å². The summed E-state index contributed by atoms with van der Waals surface area (Å²) in [4.78, 5) is 6.62. The molecule has 0 aliphatic heterocycles. The zero-order valence-electron chi connectivity index (χ0n) is 13.2. The Bertz CT molecular complexity index is 553. The van der Waals surface area contributed by atoms with E-state index < -0.39 is 0 Å². The molecular weight excluding hydrogens is 280 g/mol. The zero-order chi connectivity index (χ0) is 15.4. The second kappa shape index (κ2) is 6.89. The van der Waals surface area contributed by atoms with E-state index in [9.17, 15) is 0 Å². The van der Waals surface area contributed by atoms with Crippen LogP contribution in [0.4, 0.5) is 10.8 Å². The van der Waals surface area contributed by atoms with E-state index in [0.717, 1.165) is 29.2 Å². The zero-order valence-corrected chi connectivity index (χ0v) is 14.0.